The van der Waals surface area contributed by atoms with Gasteiger partial charge in [-0.25, -0.2) is 9.37 Å². The molecule has 1 aromatic heterocycles. The monoisotopic (exact) mass is 505 g/mol. The van der Waals surface area contributed by atoms with Gasteiger partial charge in [0, 0.05) is 12.1 Å². The Balaban J connectivity index is 1.67. The Labute approximate surface area is 220 Å². The van der Waals surface area contributed by atoms with E-state index in [2.05, 4.69) is 0 Å². The SMILES string of the molecule is CCC(c1nc2ccccc2c(=O)n1-c1ccccc1)N(CCc1ccccc1)C(=O)c1ccc(F)cc1. The molecule has 0 saturated carbocycles. The third-order valence-electron chi connectivity index (χ3n) is 6.71. The van der Waals surface area contributed by atoms with E-state index in [9.17, 15) is 14.0 Å². The molecule has 5 aromatic rings. The summed E-state index contributed by atoms with van der Waals surface area (Å²) in [6.07, 6.45) is 1.15. The lowest BCUT2D eigenvalue weighted by Gasteiger charge is -2.32. The maximum atomic E-state index is 13.9. The lowest BCUT2D eigenvalue weighted by Crippen LogP contribution is -2.39. The first-order valence-corrected chi connectivity index (χ1v) is 12.7. The van der Waals surface area contributed by atoms with E-state index in [-0.39, 0.29) is 11.5 Å². The Kier molecular flexibility index (Phi) is 7.40. The largest absolute Gasteiger partial charge is 0.328 e. The number of rotatable bonds is 8. The van der Waals surface area contributed by atoms with Crippen LogP contribution in [0, 0.1) is 5.82 Å². The van der Waals surface area contributed by atoms with Crippen molar-refractivity contribution in [1.82, 2.24) is 14.5 Å². The number of fused-ring (bicyclic) bond motifs is 1. The average Bonchev–Trinajstić information content (AvgIpc) is 2.96. The van der Waals surface area contributed by atoms with Crippen LogP contribution in [-0.4, -0.2) is 26.9 Å². The van der Waals surface area contributed by atoms with Crippen molar-refractivity contribution in [1.29, 1.82) is 0 Å². The second kappa shape index (κ2) is 11.2. The first-order chi connectivity index (χ1) is 18.6. The van der Waals surface area contributed by atoms with E-state index in [0.29, 0.717) is 47.4 Å². The van der Waals surface area contributed by atoms with Crippen LogP contribution >= 0.6 is 0 Å². The second-order valence-electron chi connectivity index (χ2n) is 9.13. The summed E-state index contributed by atoms with van der Waals surface area (Å²) in [6.45, 7) is 2.38. The Morgan fingerprint density at radius 2 is 1.50 bits per heavy atom. The smallest absolute Gasteiger partial charge is 0.266 e. The highest BCUT2D eigenvalue weighted by atomic mass is 19.1. The van der Waals surface area contributed by atoms with Gasteiger partial charge in [0.05, 0.1) is 22.6 Å². The summed E-state index contributed by atoms with van der Waals surface area (Å²) >= 11 is 0. The van der Waals surface area contributed by atoms with Crippen LogP contribution in [0.1, 0.15) is 41.1 Å². The van der Waals surface area contributed by atoms with Crippen molar-refractivity contribution in [3.05, 3.63) is 142 Å². The highest BCUT2D eigenvalue weighted by molar-refractivity contribution is 5.94. The van der Waals surface area contributed by atoms with Crippen molar-refractivity contribution in [3.8, 4) is 5.69 Å². The summed E-state index contributed by atoms with van der Waals surface area (Å²) in [5.41, 5.74) is 2.54. The van der Waals surface area contributed by atoms with Gasteiger partial charge in [-0.3, -0.25) is 14.2 Å². The molecule has 6 heteroatoms. The van der Waals surface area contributed by atoms with Gasteiger partial charge in [0.15, 0.2) is 0 Å². The summed E-state index contributed by atoms with van der Waals surface area (Å²) < 4.78 is 15.3. The van der Waals surface area contributed by atoms with Crippen molar-refractivity contribution in [2.75, 3.05) is 6.54 Å². The first-order valence-electron chi connectivity index (χ1n) is 12.7. The van der Waals surface area contributed by atoms with Gasteiger partial charge >= 0.3 is 0 Å². The van der Waals surface area contributed by atoms with Gasteiger partial charge in [0.2, 0.25) is 0 Å². The molecule has 1 unspecified atom stereocenters. The standard InChI is InChI=1S/C32H28FN3O2/c1-2-29(30-34-28-16-10-9-15-27(28)32(38)36(30)26-13-7-4-8-14-26)35(22-21-23-11-5-3-6-12-23)31(37)24-17-19-25(33)20-18-24/h3-20,29H,2,21-22H2,1H3. The maximum Gasteiger partial charge on any atom is 0.266 e. The second-order valence-corrected chi connectivity index (χ2v) is 9.13. The summed E-state index contributed by atoms with van der Waals surface area (Å²) in [7, 11) is 0. The molecule has 0 saturated heterocycles. The van der Waals surface area contributed by atoms with Crippen LogP contribution in [0.5, 0.6) is 0 Å². The molecular formula is C32H28FN3O2. The number of hydrogen-bond donors (Lipinski definition) is 0. The first kappa shape index (κ1) is 25.1. The molecule has 5 rings (SSSR count). The van der Waals surface area contributed by atoms with E-state index in [4.69, 9.17) is 4.98 Å². The lowest BCUT2D eigenvalue weighted by molar-refractivity contribution is 0.0661. The normalized spacial score (nSPS) is 11.8. The van der Waals surface area contributed by atoms with Crippen molar-refractivity contribution in [2.45, 2.75) is 25.8 Å². The van der Waals surface area contributed by atoms with Crippen molar-refractivity contribution < 1.29 is 9.18 Å². The molecule has 1 atom stereocenters. The van der Waals surface area contributed by atoms with Crippen LogP contribution < -0.4 is 5.56 Å². The fourth-order valence-electron chi connectivity index (χ4n) is 4.79. The van der Waals surface area contributed by atoms with Gasteiger partial charge in [0.25, 0.3) is 11.5 Å². The molecule has 0 radical (unpaired) electrons. The molecule has 0 bridgehead atoms. The van der Waals surface area contributed by atoms with E-state index in [1.165, 1.54) is 24.3 Å². The highest BCUT2D eigenvalue weighted by Crippen LogP contribution is 2.28. The lowest BCUT2D eigenvalue weighted by atomic mass is 10.1. The number of amides is 1. The van der Waals surface area contributed by atoms with Crippen LogP contribution in [0.25, 0.3) is 16.6 Å². The maximum absolute atomic E-state index is 13.9. The number of halogens is 1. The number of para-hydroxylation sites is 2. The number of carbonyl (C=O) groups excluding carboxylic acids is 1. The van der Waals surface area contributed by atoms with Gasteiger partial charge in [-0.1, -0.05) is 67.6 Å². The number of nitrogens with zero attached hydrogens (tertiary/aromatic N) is 3. The quantitative estimate of drug-likeness (QED) is 0.247. The Hall–Kier alpha value is -4.58. The van der Waals surface area contributed by atoms with Crippen LogP contribution in [0.3, 0.4) is 0 Å². The molecule has 0 fully saturated rings. The molecule has 1 amide bonds. The molecular weight excluding hydrogens is 477 g/mol. The minimum absolute atomic E-state index is 0.188. The van der Waals surface area contributed by atoms with Gasteiger partial charge in [0.1, 0.15) is 11.6 Å². The third kappa shape index (κ3) is 5.11. The number of benzene rings is 4. The zero-order valence-electron chi connectivity index (χ0n) is 21.1. The Morgan fingerprint density at radius 3 is 2.18 bits per heavy atom. The van der Waals surface area contributed by atoms with E-state index in [1.807, 2.05) is 85.8 Å². The summed E-state index contributed by atoms with van der Waals surface area (Å²) in [5, 5.41) is 0.510. The predicted octanol–water partition coefficient (Wildman–Crippen LogP) is 6.36. The average molecular weight is 506 g/mol. The van der Waals surface area contributed by atoms with Crippen molar-refractivity contribution in [2.24, 2.45) is 0 Å². The molecule has 0 aliphatic carbocycles. The zero-order chi connectivity index (χ0) is 26.5. The van der Waals surface area contributed by atoms with E-state index < -0.39 is 11.9 Å². The highest BCUT2D eigenvalue weighted by Gasteiger charge is 2.29. The molecule has 190 valence electrons. The molecule has 0 spiro atoms. The van der Waals surface area contributed by atoms with E-state index in [0.717, 1.165) is 5.56 Å². The number of aromatic nitrogens is 2. The minimum Gasteiger partial charge on any atom is -0.328 e. The Bertz CT molecular complexity index is 1600. The topological polar surface area (TPSA) is 55.2 Å². The van der Waals surface area contributed by atoms with Gasteiger partial charge in [-0.15, -0.1) is 0 Å². The molecule has 38 heavy (non-hydrogen) atoms. The fourth-order valence-corrected chi connectivity index (χ4v) is 4.79. The van der Waals surface area contributed by atoms with Gasteiger partial charge < -0.3 is 4.90 Å². The molecule has 0 aliphatic rings. The molecule has 1 heterocycles. The number of carbonyl (C=O) groups is 1. The zero-order valence-corrected chi connectivity index (χ0v) is 21.1. The summed E-state index contributed by atoms with van der Waals surface area (Å²) in [5.74, 6) is -0.153. The van der Waals surface area contributed by atoms with Gasteiger partial charge in [-0.2, -0.15) is 0 Å². The molecule has 5 nitrogen and oxygen atoms in total. The third-order valence-corrected chi connectivity index (χ3v) is 6.71. The van der Waals surface area contributed by atoms with Crippen LogP contribution in [0.2, 0.25) is 0 Å². The predicted molar refractivity (Wildman–Crippen MR) is 148 cm³/mol. The van der Waals surface area contributed by atoms with Crippen molar-refractivity contribution >= 4 is 16.8 Å². The molecule has 0 N–H and O–H groups in total. The minimum atomic E-state index is -0.506. The molecule has 4 aromatic carbocycles. The summed E-state index contributed by atoms with van der Waals surface area (Å²) in [6, 6.07) is 31.6. The van der Waals surface area contributed by atoms with Crippen LogP contribution in [-0.2, 0) is 6.42 Å². The Morgan fingerprint density at radius 1 is 0.868 bits per heavy atom. The number of hydrogen-bond acceptors (Lipinski definition) is 3. The van der Waals surface area contributed by atoms with Crippen LogP contribution in [0.15, 0.2) is 114 Å². The van der Waals surface area contributed by atoms with E-state index >= 15 is 0 Å². The van der Waals surface area contributed by atoms with Gasteiger partial charge in [-0.05, 0) is 66.9 Å². The molecule has 0 aliphatic heterocycles. The van der Waals surface area contributed by atoms with E-state index in [1.54, 1.807) is 15.5 Å². The van der Waals surface area contributed by atoms with Crippen molar-refractivity contribution in [3.63, 3.8) is 0 Å². The van der Waals surface area contributed by atoms with Crippen LogP contribution in [0.4, 0.5) is 4.39 Å². The fraction of sp³-hybridized carbons (Fsp3) is 0.156. The summed E-state index contributed by atoms with van der Waals surface area (Å²) in [4.78, 5) is 34.5.